The third kappa shape index (κ3) is 7.65. The maximum absolute atomic E-state index is 13.4. The Hall–Kier alpha value is -3.31. The number of halogens is 1. The quantitative estimate of drug-likeness (QED) is 0.411. The minimum absolute atomic E-state index is 0.101. The van der Waals surface area contributed by atoms with Crippen molar-refractivity contribution in [1.29, 1.82) is 0 Å². The second-order valence-corrected chi connectivity index (χ2v) is 8.17. The second-order valence-electron chi connectivity index (χ2n) is 7.74. The predicted molar refractivity (Wildman–Crippen MR) is 131 cm³/mol. The van der Waals surface area contributed by atoms with Gasteiger partial charge in [0.15, 0.2) is 0 Å². The van der Waals surface area contributed by atoms with Gasteiger partial charge in [0.05, 0.1) is 6.61 Å². The zero-order valence-electron chi connectivity index (χ0n) is 18.7. The lowest BCUT2D eigenvalue weighted by Gasteiger charge is -2.31. The molecule has 0 radical (unpaired) electrons. The van der Waals surface area contributed by atoms with Gasteiger partial charge in [0.25, 0.3) is 0 Å². The lowest BCUT2D eigenvalue weighted by atomic mass is 10.0. The summed E-state index contributed by atoms with van der Waals surface area (Å²) < 4.78 is 5.73. The van der Waals surface area contributed by atoms with Crippen LogP contribution < -0.4 is 10.1 Å². The fraction of sp³-hybridized carbons (Fsp3) is 0.259. The molecule has 1 atom stereocenters. The first-order valence-corrected chi connectivity index (χ1v) is 11.4. The van der Waals surface area contributed by atoms with Gasteiger partial charge in [-0.25, -0.2) is 0 Å². The molecular formula is C27H29ClN2O3. The number of likely N-dealkylation sites (N-methyl/N-ethyl adjacent to an activating group) is 1. The monoisotopic (exact) mass is 464 g/mol. The van der Waals surface area contributed by atoms with Crippen LogP contribution in [0.25, 0.3) is 0 Å². The SMILES string of the molecule is CNC(=O)C(Cc1ccccc1)N(Cc1cccc(Cl)c1)C(=O)CCCOc1ccccc1. The fourth-order valence-electron chi connectivity index (χ4n) is 3.63. The number of hydrogen-bond acceptors (Lipinski definition) is 3. The van der Waals surface area contributed by atoms with Gasteiger partial charge in [-0.05, 0) is 41.8 Å². The van der Waals surface area contributed by atoms with Gasteiger partial charge >= 0.3 is 0 Å². The summed E-state index contributed by atoms with van der Waals surface area (Å²) in [6.07, 6.45) is 1.24. The number of ether oxygens (including phenoxy) is 1. The molecule has 3 aromatic rings. The van der Waals surface area contributed by atoms with E-state index < -0.39 is 6.04 Å². The maximum atomic E-state index is 13.4. The smallest absolute Gasteiger partial charge is 0.242 e. The molecule has 6 heteroatoms. The zero-order chi connectivity index (χ0) is 23.5. The summed E-state index contributed by atoms with van der Waals surface area (Å²) in [5.74, 6) is 0.471. The molecule has 33 heavy (non-hydrogen) atoms. The van der Waals surface area contributed by atoms with Crippen molar-refractivity contribution in [2.24, 2.45) is 0 Å². The molecule has 0 spiro atoms. The molecule has 172 valence electrons. The highest BCUT2D eigenvalue weighted by Gasteiger charge is 2.29. The van der Waals surface area contributed by atoms with Crippen LogP contribution in [-0.4, -0.2) is 36.4 Å². The van der Waals surface area contributed by atoms with Crippen molar-refractivity contribution < 1.29 is 14.3 Å². The van der Waals surface area contributed by atoms with Gasteiger partial charge in [0, 0.05) is 31.5 Å². The highest BCUT2D eigenvalue weighted by Crippen LogP contribution is 2.19. The molecule has 0 aromatic heterocycles. The van der Waals surface area contributed by atoms with E-state index in [1.807, 2.05) is 78.9 Å². The van der Waals surface area contributed by atoms with Gasteiger partial charge in [-0.2, -0.15) is 0 Å². The zero-order valence-corrected chi connectivity index (χ0v) is 19.5. The van der Waals surface area contributed by atoms with Crippen molar-refractivity contribution in [3.8, 4) is 5.75 Å². The van der Waals surface area contributed by atoms with Crippen molar-refractivity contribution in [3.63, 3.8) is 0 Å². The number of nitrogens with one attached hydrogen (secondary N) is 1. The van der Waals surface area contributed by atoms with E-state index in [4.69, 9.17) is 16.3 Å². The first-order chi connectivity index (χ1) is 16.1. The van der Waals surface area contributed by atoms with E-state index in [2.05, 4.69) is 5.32 Å². The normalized spacial score (nSPS) is 11.5. The largest absolute Gasteiger partial charge is 0.494 e. The van der Waals surface area contributed by atoms with E-state index >= 15 is 0 Å². The molecule has 0 saturated heterocycles. The third-order valence-corrected chi connectivity index (χ3v) is 5.54. The Balaban J connectivity index is 1.75. The van der Waals surface area contributed by atoms with E-state index in [9.17, 15) is 9.59 Å². The average Bonchev–Trinajstić information content (AvgIpc) is 2.84. The van der Waals surface area contributed by atoms with Crippen molar-refractivity contribution in [2.45, 2.75) is 31.8 Å². The molecule has 0 aliphatic rings. The van der Waals surface area contributed by atoms with Gasteiger partial charge in [-0.3, -0.25) is 9.59 Å². The highest BCUT2D eigenvalue weighted by molar-refractivity contribution is 6.30. The van der Waals surface area contributed by atoms with E-state index in [1.165, 1.54) is 0 Å². The maximum Gasteiger partial charge on any atom is 0.242 e. The minimum atomic E-state index is -0.640. The molecule has 0 fully saturated rings. The molecule has 0 bridgehead atoms. The van der Waals surface area contributed by atoms with E-state index in [1.54, 1.807) is 18.0 Å². The number of nitrogens with zero attached hydrogens (tertiary/aromatic N) is 1. The van der Waals surface area contributed by atoms with Gasteiger partial charge in [-0.1, -0.05) is 72.3 Å². The number of amides is 2. The Morgan fingerprint density at radius 3 is 2.27 bits per heavy atom. The van der Waals surface area contributed by atoms with E-state index in [-0.39, 0.29) is 18.2 Å². The molecule has 0 saturated carbocycles. The molecule has 1 N–H and O–H groups in total. The summed E-state index contributed by atoms with van der Waals surface area (Å²) in [5, 5.41) is 3.32. The van der Waals surface area contributed by atoms with Gasteiger partial charge in [0.2, 0.25) is 11.8 Å². The van der Waals surface area contributed by atoms with Crippen LogP contribution in [0.5, 0.6) is 5.75 Å². The minimum Gasteiger partial charge on any atom is -0.494 e. The van der Waals surface area contributed by atoms with Crippen molar-refractivity contribution in [1.82, 2.24) is 10.2 Å². The van der Waals surface area contributed by atoms with Crippen molar-refractivity contribution in [2.75, 3.05) is 13.7 Å². The van der Waals surface area contributed by atoms with E-state index in [0.717, 1.165) is 16.9 Å². The molecule has 5 nitrogen and oxygen atoms in total. The lowest BCUT2D eigenvalue weighted by molar-refractivity contribution is -0.141. The van der Waals surface area contributed by atoms with Crippen molar-refractivity contribution in [3.05, 3.63) is 101 Å². The van der Waals surface area contributed by atoms with E-state index in [0.29, 0.717) is 31.0 Å². The van der Waals surface area contributed by atoms with Gasteiger partial charge < -0.3 is 15.0 Å². The Labute approximate surface area is 200 Å². The van der Waals surface area contributed by atoms with Crippen LogP contribution in [0.1, 0.15) is 24.0 Å². The predicted octanol–water partition coefficient (Wildman–Crippen LogP) is 4.89. The number of para-hydroxylation sites is 1. The summed E-state index contributed by atoms with van der Waals surface area (Å²) in [7, 11) is 1.59. The van der Waals surface area contributed by atoms with Crippen LogP contribution in [0, 0.1) is 0 Å². The molecule has 1 unspecified atom stereocenters. The summed E-state index contributed by atoms with van der Waals surface area (Å²) >= 11 is 6.17. The first-order valence-electron chi connectivity index (χ1n) is 11.0. The highest BCUT2D eigenvalue weighted by atomic mass is 35.5. The molecule has 0 heterocycles. The lowest BCUT2D eigenvalue weighted by Crippen LogP contribution is -2.49. The third-order valence-electron chi connectivity index (χ3n) is 5.31. The number of benzene rings is 3. The average molecular weight is 465 g/mol. The van der Waals surface area contributed by atoms with Crippen LogP contribution in [0.4, 0.5) is 0 Å². The Morgan fingerprint density at radius 2 is 1.61 bits per heavy atom. The summed E-state index contributed by atoms with van der Waals surface area (Å²) in [6.45, 7) is 0.716. The van der Waals surface area contributed by atoms with Crippen LogP contribution >= 0.6 is 11.6 Å². The van der Waals surface area contributed by atoms with Crippen LogP contribution in [-0.2, 0) is 22.6 Å². The number of hydrogen-bond donors (Lipinski definition) is 1. The second kappa shape index (κ2) is 12.7. The van der Waals surface area contributed by atoms with Crippen LogP contribution in [0.2, 0.25) is 5.02 Å². The number of rotatable bonds is 11. The summed E-state index contributed by atoms with van der Waals surface area (Å²) in [6, 6.07) is 26.0. The standard InChI is InChI=1S/C27H29ClN2O3/c1-29-27(32)25(19-21-10-4-2-5-11-21)30(20-22-12-8-13-23(28)18-22)26(31)16-9-17-33-24-14-6-3-7-15-24/h2-8,10-15,18,25H,9,16-17,19-20H2,1H3,(H,29,32). The fourth-order valence-corrected chi connectivity index (χ4v) is 3.84. The molecular weight excluding hydrogens is 436 g/mol. The number of carbonyl (C=O) groups is 2. The first kappa shape index (κ1) is 24.3. The molecule has 2 amide bonds. The molecule has 0 aliphatic heterocycles. The van der Waals surface area contributed by atoms with Crippen molar-refractivity contribution >= 4 is 23.4 Å². The Morgan fingerprint density at radius 1 is 0.939 bits per heavy atom. The van der Waals surface area contributed by atoms with Gasteiger partial charge in [-0.15, -0.1) is 0 Å². The van der Waals surface area contributed by atoms with Crippen LogP contribution in [0.3, 0.4) is 0 Å². The molecule has 3 aromatic carbocycles. The Bertz CT molecular complexity index is 1030. The van der Waals surface area contributed by atoms with Crippen LogP contribution in [0.15, 0.2) is 84.9 Å². The summed E-state index contributed by atoms with van der Waals surface area (Å²) in [4.78, 5) is 27.9. The van der Waals surface area contributed by atoms with Gasteiger partial charge in [0.1, 0.15) is 11.8 Å². The molecule has 0 aliphatic carbocycles. The topological polar surface area (TPSA) is 58.6 Å². The molecule has 3 rings (SSSR count). The Kier molecular flexibility index (Phi) is 9.33. The summed E-state index contributed by atoms with van der Waals surface area (Å²) in [5.41, 5.74) is 1.86. The number of carbonyl (C=O) groups excluding carboxylic acids is 2.